The zero-order chi connectivity index (χ0) is 14.5. The van der Waals surface area contributed by atoms with Crippen LogP contribution in [0.3, 0.4) is 0 Å². The van der Waals surface area contributed by atoms with Gasteiger partial charge >= 0.3 is 0 Å². The van der Waals surface area contributed by atoms with E-state index in [2.05, 4.69) is 16.0 Å². The second-order valence-corrected chi connectivity index (χ2v) is 6.40. The third-order valence-corrected chi connectivity index (χ3v) is 4.67. The van der Waals surface area contributed by atoms with Crippen LogP contribution in [0.2, 0.25) is 0 Å². The predicted molar refractivity (Wildman–Crippen MR) is 82.9 cm³/mol. The van der Waals surface area contributed by atoms with Gasteiger partial charge in [-0.1, -0.05) is 6.07 Å². The highest BCUT2D eigenvalue weighted by molar-refractivity contribution is 5.78. The maximum atomic E-state index is 12.3. The first-order valence-corrected chi connectivity index (χ1v) is 8.20. The number of carbonyl (C=O) groups is 1. The molecule has 2 aliphatic heterocycles. The van der Waals surface area contributed by atoms with Gasteiger partial charge in [-0.15, -0.1) is 0 Å². The van der Waals surface area contributed by atoms with Crippen molar-refractivity contribution in [3.05, 3.63) is 30.1 Å². The molecule has 4 nitrogen and oxygen atoms in total. The predicted octanol–water partition coefficient (Wildman–Crippen LogP) is 1.96. The van der Waals surface area contributed by atoms with Gasteiger partial charge in [-0.05, 0) is 56.2 Å². The van der Waals surface area contributed by atoms with Crippen molar-refractivity contribution >= 4 is 5.91 Å². The molecule has 0 aliphatic carbocycles. The summed E-state index contributed by atoms with van der Waals surface area (Å²) in [6, 6.07) is 4.16. The summed E-state index contributed by atoms with van der Waals surface area (Å²) in [6.07, 6.45) is 9.70. The maximum absolute atomic E-state index is 12.3. The van der Waals surface area contributed by atoms with E-state index >= 15 is 0 Å². The lowest BCUT2D eigenvalue weighted by molar-refractivity contribution is -0.131. The van der Waals surface area contributed by atoms with Crippen LogP contribution in [-0.2, 0) is 11.2 Å². The average molecular weight is 287 g/mol. The Bertz CT molecular complexity index is 456. The van der Waals surface area contributed by atoms with Crippen molar-refractivity contribution in [2.45, 2.75) is 32.1 Å². The van der Waals surface area contributed by atoms with Crippen LogP contribution in [0.4, 0.5) is 0 Å². The Kier molecular flexibility index (Phi) is 4.86. The SMILES string of the molecule is O=C(CN1CCCC(Cc2cccnc2)C1)N1CCCC1. The normalized spacial score (nSPS) is 23.4. The molecule has 114 valence electrons. The standard InChI is InChI=1S/C17H25N3O/c21-17(20-9-1-2-10-20)14-19-8-4-6-16(13-19)11-15-5-3-7-18-12-15/h3,5,7,12,16H,1-2,4,6,8-11,13-14H2. The molecule has 0 bridgehead atoms. The van der Waals surface area contributed by atoms with Gasteiger partial charge in [0.15, 0.2) is 0 Å². The van der Waals surface area contributed by atoms with Gasteiger partial charge < -0.3 is 4.90 Å². The van der Waals surface area contributed by atoms with Gasteiger partial charge in [0.25, 0.3) is 0 Å². The highest BCUT2D eigenvalue weighted by atomic mass is 16.2. The Morgan fingerprint density at radius 3 is 2.86 bits per heavy atom. The number of amides is 1. The van der Waals surface area contributed by atoms with Crippen molar-refractivity contribution in [2.24, 2.45) is 5.92 Å². The van der Waals surface area contributed by atoms with E-state index in [9.17, 15) is 4.79 Å². The van der Waals surface area contributed by atoms with Crippen molar-refractivity contribution < 1.29 is 4.79 Å². The van der Waals surface area contributed by atoms with E-state index < -0.39 is 0 Å². The van der Waals surface area contributed by atoms with Crippen LogP contribution in [0.15, 0.2) is 24.5 Å². The molecule has 1 amide bonds. The number of hydrogen-bond acceptors (Lipinski definition) is 3. The Labute approximate surface area is 127 Å². The fraction of sp³-hybridized carbons (Fsp3) is 0.647. The highest BCUT2D eigenvalue weighted by Gasteiger charge is 2.25. The van der Waals surface area contributed by atoms with Crippen LogP contribution in [0, 0.1) is 5.92 Å². The number of likely N-dealkylation sites (tertiary alicyclic amines) is 2. The van der Waals surface area contributed by atoms with E-state index in [1.807, 2.05) is 23.4 Å². The Balaban J connectivity index is 1.49. The largest absolute Gasteiger partial charge is 0.342 e. The van der Waals surface area contributed by atoms with Crippen LogP contribution in [0.5, 0.6) is 0 Å². The number of carbonyl (C=O) groups excluding carboxylic acids is 1. The van der Waals surface area contributed by atoms with Gasteiger partial charge in [0.05, 0.1) is 6.54 Å². The lowest BCUT2D eigenvalue weighted by Gasteiger charge is -2.33. The molecule has 1 aromatic rings. The highest BCUT2D eigenvalue weighted by Crippen LogP contribution is 2.20. The zero-order valence-electron chi connectivity index (χ0n) is 12.7. The number of aromatic nitrogens is 1. The number of piperidine rings is 1. The van der Waals surface area contributed by atoms with Crippen LogP contribution in [0.25, 0.3) is 0 Å². The van der Waals surface area contributed by atoms with Crippen LogP contribution in [0.1, 0.15) is 31.2 Å². The quantitative estimate of drug-likeness (QED) is 0.849. The summed E-state index contributed by atoms with van der Waals surface area (Å²) in [6.45, 7) is 4.67. The molecule has 0 saturated carbocycles. The summed E-state index contributed by atoms with van der Waals surface area (Å²) < 4.78 is 0. The molecule has 4 heteroatoms. The summed E-state index contributed by atoms with van der Waals surface area (Å²) in [5, 5.41) is 0. The molecule has 3 rings (SSSR count). The molecular weight excluding hydrogens is 262 g/mol. The summed E-state index contributed by atoms with van der Waals surface area (Å²) >= 11 is 0. The molecule has 2 saturated heterocycles. The fourth-order valence-corrected chi connectivity index (χ4v) is 3.57. The van der Waals surface area contributed by atoms with Gasteiger partial charge in [-0.2, -0.15) is 0 Å². The minimum atomic E-state index is 0.328. The Morgan fingerprint density at radius 2 is 2.10 bits per heavy atom. The van der Waals surface area contributed by atoms with Crippen molar-refractivity contribution in [3.63, 3.8) is 0 Å². The molecule has 2 fully saturated rings. The van der Waals surface area contributed by atoms with Crippen molar-refractivity contribution in [1.29, 1.82) is 0 Å². The average Bonchev–Trinajstić information content (AvgIpc) is 3.03. The minimum absolute atomic E-state index is 0.328. The number of rotatable bonds is 4. The number of hydrogen-bond donors (Lipinski definition) is 0. The lowest BCUT2D eigenvalue weighted by atomic mass is 9.92. The second-order valence-electron chi connectivity index (χ2n) is 6.40. The van der Waals surface area contributed by atoms with E-state index in [1.165, 1.54) is 31.2 Å². The molecule has 0 aromatic carbocycles. The topological polar surface area (TPSA) is 36.4 Å². The third-order valence-electron chi connectivity index (χ3n) is 4.67. The zero-order valence-corrected chi connectivity index (χ0v) is 12.7. The van der Waals surface area contributed by atoms with E-state index in [0.29, 0.717) is 18.4 Å². The number of pyridine rings is 1. The van der Waals surface area contributed by atoms with E-state index in [-0.39, 0.29) is 0 Å². The summed E-state index contributed by atoms with van der Waals surface area (Å²) in [5.74, 6) is 0.990. The molecule has 1 unspecified atom stereocenters. The van der Waals surface area contributed by atoms with Gasteiger partial charge in [0.1, 0.15) is 0 Å². The molecule has 0 radical (unpaired) electrons. The molecule has 3 heterocycles. The molecule has 2 aliphatic rings. The van der Waals surface area contributed by atoms with Gasteiger partial charge in [0, 0.05) is 32.0 Å². The monoisotopic (exact) mass is 287 g/mol. The first kappa shape index (κ1) is 14.5. The van der Waals surface area contributed by atoms with Crippen molar-refractivity contribution in [2.75, 3.05) is 32.7 Å². The van der Waals surface area contributed by atoms with E-state index in [4.69, 9.17) is 0 Å². The molecule has 21 heavy (non-hydrogen) atoms. The fourth-order valence-electron chi connectivity index (χ4n) is 3.57. The summed E-state index contributed by atoms with van der Waals surface area (Å²) in [7, 11) is 0. The Morgan fingerprint density at radius 1 is 1.24 bits per heavy atom. The first-order chi connectivity index (χ1) is 10.3. The minimum Gasteiger partial charge on any atom is -0.342 e. The van der Waals surface area contributed by atoms with Gasteiger partial charge in [-0.25, -0.2) is 0 Å². The van der Waals surface area contributed by atoms with Gasteiger partial charge in [-0.3, -0.25) is 14.7 Å². The lowest BCUT2D eigenvalue weighted by Crippen LogP contribution is -2.43. The third kappa shape index (κ3) is 4.03. The van der Waals surface area contributed by atoms with Crippen molar-refractivity contribution in [1.82, 2.24) is 14.8 Å². The molecule has 0 N–H and O–H groups in total. The van der Waals surface area contributed by atoms with E-state index in [1.54, 1.807) is 0 Å². The Hall–Kier alpha value is -1.42. The van der Waals surface area contributed by atoms with Crippen LogP contribution < -0.4 is 0 Å². The molecule has 1 aromatic heterocycles. The molecule has 1 atom stereocenters. The second kappa shape index (κ2) is 7.03. The molecule has 0 spiro atoms. The van der Waals surface area contributed by atoms with Crippen LogP contribution >= 0.6 is 0 Å². The number of nitrogens with zero attached hydrogens (tertiary/aromatic N) is 3. The van der Waals surface area contributed by atoms with E-state index in [0.717, 1.165) is 32.6 Å². The van der Waals surface area contributed by atoms with Crippen LogP contribution in [-0.4, -0.2) is 53.4 Å². The first-order valence-electron chi connectivity index (χ1n) is 8.20. The molecular formula is C17H25N3O. The maximum Gasteiger partial charge on any atom is 0.236 e. The smallest absolute Gasteiger partial charge is 0.236 e. The summed E-state index contributed by atoms with van der Waals surface area (Å²) in [5.41, 5.74) is 1.32. The summed E-state index contributed by atoms with van der Waals surface area (Å²) in [4.78, 5) is 20.8. The van der Waals surface area contributed by atoms with Gasteiger partial charge in [0.2, 0.25) is 5.91 Å². The van der Waals surface area contributed by atoms with Crippen molar-refractivity contribution in [3.8, 4) is 0 Å².